The van der Waals surface area contributed by atoms with Gasteiger partial charge in [0.2, 0.25) is 10.0 Å². The average molecular weight is 306 g/mol. The number of halogens is 2. The van der Waals surface area contributed by atoms with Crippen molar-refractivity contribution in [3.63, 3.8) is 0 Å². The molecule has 1 aliphatic rings. The summed E-state index contributed by atoms with van der Waals surface area (Å²) in [7, 11) is -4.29. The standard InChI is InChI=1S/C12H16F2N2O3S/c13-10-5-7(15)6-11(14)12(10)20(18,19)16-8-1-3-9(17)4-2-8/h5-6,8-9,16-17H,1-4,15H2. The first-order chi connectivity index (χ1) is 9.29. The van der Waals surface area contributed by atoms with Crippen LogP contribution in [-0.2, 0) is 10.0 Å². The van der Waals surface area contributed by atoms with E-state index in [1.807, 2.05) is 0 Å². The summed E-state index contributed by atoms with van der Waals surface area (Å²) in [5.41, 5.74) is 5.07. The highest BCUT2D eigenvalue weighted by Gasteiger charge is 2.29. The minimum absolute atomic E-state index is 0.181. The summed E-state index contributed by atoms with van der Waals surface area (Å²) in [6.45, 7) is 0. The third kappa shape index (κ3) is 3.25. The van der Waals surface area contributed by atoms with E-state index in [2.05, 4.69) is 4.72 Å². The largest absolute Gasteiger partial charge is 0.399 e. The fourth-order valence-corrected chi connectivity index (χ4v) is 3.73. The Morgan fingerprint density at radius 2 is 1.65 bits per heavy atom. The molecule has 20 heavy (non-hydrogen) atoms. The van der Waals surface area contributed by atoms with Crippen LogP contribution in [0.2, 0.25) is 0 Å². The first-order valence-corrected chi connectivity index (χ1v) is 7.73. The first-order valence-electron chi connectivity index (χ1n) is 6.24. The number of aliphatic hydroxyl groups excluding tert-OH is 1. The highest BCUT2D eigenvalue weighted by Crippen LogP contribution is 2.24. The van der Waals surface area contributed by atoms with Gasteiger partial charge in [0, 0.05) is 11.7 Å². The van der Waals surface area contributed by atoms with Crippen molar-refractivity contribution >= 4 is 15.7 Å². The van der Waals surface area contributed by atoms with Crippen LogP contribution in [0.3, 0.4) is 0 Å². The molecule has 0 amide bonds. The summed E-state index contributed by atoms with van der Waals surface area (Å²) in [5, 5.41) is 9.35. The molecule has 0 unspecified atom stereocenters. The molecule has 2 rings (SSSR count). The zero-order chi connectivity index (χ0) is 14.9. The molecule has 1 aromatic rings. The van der Waals surface area contributed by atoms with Crippen LogP contribution in [0.25, 0.3) is 0 Å². The van der Waals surface area contributed by atoms with E-state index in [0.29, 0.717) is 25.7 Å². The molecular weight excluding hydrogens is 290 g/mol. The second-order valence-electron chi connectivity index (χ2n) is 4.94. The van der Waals surface area contributed by atoms with Crippen molar-refractivity contribution in [3.05, 3.63) is 23.8 Å². The number of nitrogen functional groups attached to an aromatic ring is 1. The molecule has 1 aliphatic carbocycles. The van der Waals surface area contributed by atoms with E-state index >= 15 is 0 Å². The third-order valence-electron chi connectivity index (χ3n) is 3.31. The summed E-state index contributed by atoms with van der Waals surface area (Å²) in [5.74, 6) is -2.43. The average Bonchev–Trinajstić information content (AvgIpc) is 2.30. The monoisotopic (exact) mass is 306 g/mol. The van der Waals surface area contributed by atoms with Gasteiger partial charge in [-0.2, -0.15) is 0 Å². The van der Waals surface area contributed by atoms with Crippen LogP contribution in [-0.4, -0.2) is 25.7 Å². The molecule has 1 fully saturated rings. The van der Waals surface area contributed by atoms with Gasteiger partial charge in [-0.1, -0.05) is 0 Å². The molecule has 5 nitrogen and oxygen atoms in total. The minimum Gasteiger partial charge on any atom is -0.399 e. The molecular formula is C12H16F2N2O3S. The number of nitrogens with two attached hydrogens (primary N) is 1. The van der Waals surface area contributed by atoms with Gasteiger partial charge in [0.05, 0.1) is 6.10 Å². The van der Waals surface area contributed by atoms with Gasteiger partial charge in [-0.15, -0.1) is 0 Å². The predicted molar refractivity (Wildman–Crippen MR) is 69.4 cm³/mol. The second-order valence-corrected chi connectivity index (χ2v) is 6.59. The number of benzene rings is 1. The molecule has 1 saturated carbocycles. The van der Waals surface area contributed by atoms with E-state index in [1.165, 1.54) is 0 Å². The van der Waals surface area contributed by atoms with Gasteiger partial charge in [0.1, 0.15) is 11.6 Å². The van der Waals surface area contributed by atoms with Crippen molar-refractivity contribution < 1.29 is 22.3 Å². The fourth-order valence-electron chi connectivity index (χ4n) is 2.31. The van der Waals surface area contributed by atoms with Crippen LogP contribution in [0.1, 0.15) is 25.7 Å². The van der Waals surface area contributed by atoms with Crippen LogP contribution >= 0.6 is 0 Å². The maximum atomic E-state index is 13.6. The molecule has 0 saturated heterocycles. The smallest absolute Gasteiger partial charge is 0.246 e. The Balaban J connectivity index is 2.23. The molecule has 0 aromatic heterocycles. The lowest BCUT2D eigenvalue weighted by Gasteiger charge is -2.26. The zero-order valence-electron chi connectivity index (χ0n) is 10.6. The Morgan fingerprint density at radius 3 is 2.15 bits per heavy atom. The Bertz CT molecular complexity index is 576. The van der Waals surface area contributed by atoms with Crippen molar-refractivity contribution in [2.45, 2.75) is 42.7 Å². The highest BCUT2D eigenvalue weighted by molar-refractivity contribution is 7.89. The Labute approximate surface area is 115 Å². The first kappa shape index (κ1) is 15.1. The SMILES string of the molecule is Nc1cc(F)c(S(=O)(=O)NC2CCC(O)CC2)c(F)c1. The lowest BCUT2D eigenvalue weighted by molar-refractivity contribution is 0.120. The molecule has 0 heterocycles. The van der Waals surface area contributed by atoms with E-state index in [4.69, 9.17) is 5.73 Å². The zero-order valence-corrected chi connectivity index (χ0v) is 11.5. The predicted octanol–water partition coefficient (Wildman–Crippen LogP) is 1.13. The Hall–Kier alpha value is -1.25. The van der Waals surface area contributed by atoms with Crippen LogP contribution in [0, 0.1) is 11.6 Å². The highest BCUT2D eigenvalue weighted by atomic mass is 32.2. The van der Waals surface area contributed by atoms with E-state index in [9.17, 15) is 22.3 Å². The number of nitrogens with one attached hydrogen (secondary N) is 1. The van der Waals surface area contributed by atoms with Crippen LogP contribution in [0.15, 0.2) is 17.0 Å². The molecule has 4 N–H and O–H groups in total. The topological polar surface area (TPSA) is 92.4 Å². The normalized spacial score (nSPS) is 23.8. The molecule has 8 heteroatoms. The molecule has 0 atom stereocenters. The van der Waals surface area contributed by atoms with E-state index in [0.717, 1.165) is 12.1 Å². The number of hydrogen-bond donors (Lipinski definition) is 3. The number of aliphatic hydroxyl groups is 1. The van der Waals surface area contributed by atoms with Gasteiger partial charge in [0.25, 0.3) is 0 Å². The van der Waals surface area contributed by atoms with Gasteiger partial charge in [-0.05, 0) is 37.8 Å². The Kier molecular flexibility index (Phi) is 4.26. The minimum atomic E-state index is -4.29. The number of sulfonamides is 1. The molecule has 0 spiro atoms. The van der Waals surface area contributed by atoms with Crippen molar-refractivity contribution in [2.24, 2.45) is 0 Å². The van der Waals surface area contributed by atoms with Gasteiger partial charge < -0.3 is 10.8 Å². The van der Waals surface area contributed by atoms with E-state index in [1.54, 1.807) is 0 Å². The second kappa shape index (κ2) is 5.63. The van der Waals surface area contributed by atoms with Gasteiger partial charge in [0.15, 0.2) is 4.90 Å². The lowest BCUT2D eigenvalue weighted by Crippen LogP contribution is -2.39. The maximum absolute atomic E-state index is 13.6. The summed E-state index contributed by atoms with van der Waals surface area (Å²) in [6, 6.07) is 1.10. The van der Waals surface area contributed by atoms with E-state index in [-0.39, 0.29) is 5.69 Å². The van der Waals surface area contributed by atoms with Crippen molar-refractivity contribution in [1.29, 1.82) is 0 Å². The van der Waals surface area contributed by atoms with Crippen LogP contribution < -0.4 is 10.5 Å². The third-order valence-corrected chi connectivity index (χ3v) is 4.88. The Morgan fingerprint density at radius 1 is 1.15 bits per heavy atom. The van der Waals surface area contributed by atoms with Crippen LogP contribution in [0.4, 0.5) is 14.5 Å². The molecule has 0 aliphatic heterocycles. The lowest BCUT2D eigenvalue weighted by atomic mass is 9.94. The number of anilines is 1. The molecule has 112 valence electrons. The fraction of sp³-hybridized carbons (Fsp3) is 0.500. The molecule has 1 aromatic carbocycles. The summed E-state index contributed by atoms with van der Waals surface area (Å²) in [4.78, 5) is -1.02. The summed E-state index contributed by atoms with van der Waals surface area (Å²) < 4.78 is 53.6. The van der Waals surface area contributed by atoms with Gasteiger partial charge in [-0.3, -0.25) is 0 Å². The van der Waals surface area contributed by atoms with Gasteiger partial charge in [-0.25, -0.2) is 21.9 Å². The summed E-state index contributed by atoms with van der Waals surface area (Å²) in [6.07, 6.45) is 1.33. The van der Waals surface area contributed by atoms with Crippen LogP contribution in [0.5, 0.6) is 0 Å². The van der Waals surface area contributed by atoms with Gasteiger partial charge >= 0.3 is 0 Å². The van der Waals surface area contributed by atoms with Crippen molar-refractivity contribution in [1.82, 2.24) is 4.72 Å². The summed E-state index contributed by atoms with van der Waals surface area (Å²) >= 11 is 0. The molecule has 0 radical (unpaired) electrons. The van der Waals surface area contributed by atoms with Crippen molar-refractivity contribution in [3.8, 4) is 0 Å². The van der Waals surface area contributed by atoms with E-state index < -0.39 is 38.7 Å². The van der Waals surface area contributed by atoms with Crippen molar-refractivity contribution in [2.75, 3.05) is 5.73 Å². The number of rotatable bonds is 3. The molecule has 0 bridgehead atoms. The number of hydrogen-bond acceptors (Lipinski definition) is 4. The quantitative estimate of drug-likeness (QED) is 0.730. The maximum Gasteiger partial charge on any atom is 0.246 e.